The molecule has 0 atom stereocenters. The van der Waals surface area contributed by atoms with E-state index in [0.717, 1.165) is 35.5 Å². The van der Waals surface area contributed by atoms with Crippen molar-refractivity contribution >= 4 is 5.78 Å². The number of aryl methyl sites for hydroxylation is 1. The lowest BCUT2D eigenvalue weighted by molar-refractivity contribution is 0.0972. The van der Waals surface area contributed by atoms with Gasteiger partial charge in [0.25, 0.3) is 0 Å². The van der Waals surface area contributed by atoms with Gasteiger partial charge in [-0.2, -0.15) is 0 Å². The van der Waals surface area contributed by atoms with Crippen molar-refractivity contribution < 1.29 is 9.53 Å². The Morgan fingerprint density at radius 2 is 1.72 bits per heavy atom. The van der Waals surface area contributed by atoms with E-state index in [0.29, 0.717) is 6.42 Å². The van der Waals surface area contributed by atoms with E-state index in [1.54, 1.807) is 0 Å². The minimum Gasteiger partial charge on any atom is -0.457 e. The topological polar surface area (TPSA) is 26.3 Å². The Balaban J connectivity index is 1.90. The summed E-state index contributed by atoms with van der Waals surface area (Å²) in [5.41, 5.74) is 1.97. The van der Waals surface area contributed by atoms with Gasteiger partial charge in [-0.1, -0.05) is 24.3 Å². The number of ketones is 1. The van der Waals surface area contributed by atoms with Crippen LogP contribution < -0.4 is 4.74 Å². The molecule has 3 rings (SSSR count). The highest BCUT2D eigenvalue weighted by Crippen LogP contribution is 2.28. The second-order valence-electron chi connectivity index (χ2n) is 4.51. The quantitative estimate of drug-likeness (QED) is 0.790. The van der Waals surface area contributed by atoms with Gasteiger partial charge in [0.1, 0.15) is 11.5 Å². The molecule has 0 spiro atoms. The van der Waals surface area contributed by atoms with Crippen molar-refractivity contribution in [3.63, 3.8) is 0 Å². The number of hydrogen-bond donors (Lipinski definition) is 0. The highest BCUT2D eigenvalue weighted by Gasteiger charge is 2.17. The Labute approximate surface area is 106 Å². The molecule has 0 aromatic heterocycles. The lowest BCUT2D eigenvalue weighted by Crippen LogP contribution is -2.10. The van der Waals surface area contributed by atoms with Gasteiger partial charge >= 0.3 is 0 Å². The van der Waals surface area contributed by atoms with Crippen molar-refractivity contribution in [2.45, 2.75) is 19.3 Å². The Morgan fingerprint density at radius 3 is 2.56 bits per heavy atom. The molecule has 0 heterocycles. The number of hydrogen-bond acceptors (Lipinski definition) is 2. The normalized spacial score (nSPS) is 14.1. The van der Waals surface area contributed by atoms with Crippen LogP contribution in [0.3, 0.4) is 0 Å². The Kier molecular flexibility index (Phi) is 2.85. The summed E-state index contributed by atoms with van der Waals surface area (Å²) in [7, 11) is 0. The van der Waals surface area contributed by atoms with Crippen LogP contribution in [0.2, 0.25) is 0 Å². The molecule has 0 radical (unpaired) electrons. The predicted molar refractivity (Wildman–Crippen MR) is 70.2 cm³/mol. The average Bonchev–Trinajstić information content (AvgIpc) is 2.41. The highest BCUT2D eigenvalue weighted by atomic mass is 16.5. The maximum atomic E-state index is 11.8. The van der Waals surface area contributed by atoms with Gasteiger partial charge in [-0.25, -0.2) is 0 Å². The molecular weight excluding hydrogens is 224 g/mol. The molecule has 2 aromatic carbocycles. The molecule has 0 amide bonds. The van der Waals surface area contributed by atoms with Crippen LogP contribution in [0.25, 0.3) is 0 Å². The minimum absolute atomic E-state index is 0.231. The van der Waals surface area contributed by atoms with Crippen LogP contribution in [0.15, 0.2) is 48.5 Å². The first-order chi connectivity index (χ1) is 8.83. The second kappa shape index (κ2) is 4.65. The molecule has 0 fully saturated rings. The minimum atomic E-state index is 0.231. The highest BCUT2D eigenvalue weighted by molar-refractivity contribution is 5.98. The Morgan fingerprint density at radius 1 is 0.889 bits per heavy atom. The summed E-state index contributed by atoms with van der Waals surface area (Å²) in [5, 5.41) is 0. The van der Waals surface area contributed by atoms with Gasteiger partial charge in [-0.3, -0.25) is 4.79 Å². The summed E-state index contributed by atoms with van der Waals surface area (Å²) < 4.78 is 5.74. The molecule has 0 N–H and O–H groups in total. The molecule has 1 aliphatic rings. The summed E-state index contributed by atoms with van der Waals surface area (Å²) in [6.45, 7) is 0. The zero-order valence-corrected chi connectivity index (χ0v) is 10.1. The summed E-state index contributed by atoms with van der Waals surface area (Å²) >= 11 is 0. The third-order valence-electron chi connectivity index (χ3n) is 3.21. The molecule has 2 aromatic rings. The molecule has 0 bridgehead atoms. The molecule has 90 valence electrons. The number of carbonyl (C=O) groups is 1. The summed E-state index contributed by atoms with van der Waals surface area (Å²) in [5.74, 6) is 1.76. The predicted octanol–water partition coefficient (Wildman–Crippen LogP) is 4.00. The Hall–Kier alpha value is -2.09. The average molecular weight is 238 g/mol. The van der Waals surface area contributed by atoms with Gasteiger partial charge in [0.05, 0.1) is 0 Å². The van der Waals surface area contributed by atoms with E-state index in [1.807, 2.05) is 48.5 Å². The number of benzene rings is 2. The van der Waals surface area contributed by atoms with Crippen molar-refractivity contribution in [3.8, 4) is 11.5 Å². The fourth-order valence-corrected chi connectivity index (χ4v) is 2.30. The van der Waals surface area contributed by atoms with Gasteiger partial charge in [-0.15, -0.1) is 0 Å². The van der Waals surface area contributed by atoms with Crippen molar-refractivity contribution in [3.05, 3.63) is 59.7 Å². The first-order valence-electron chi connectivity index (χ1n) is 6.22. The second-order valence-corrected chi connectivity index (χ2v) is 4.51. The molecular formula is C16H14O2. The number of Topliss-reactive ketones (excluding diaryl/α,β-unsaturated/α-hetero) is 1. The molecule has 0 unspecified atom stereocenters. The van der Waals surface area contributed by atoms with Crippen LogP contribution in [0, 0.1) is 0 Å². The SMILES string of the molecule is O=C1CCCc2ccc(Oc3ccccc3)cc21. The largest absolute Gasteiger partial charge is 0.457 e. The molecule has 1 aliphatic carbocycles. The van der Waals surface area contributed by atoms with Crippen molar-refractivity contribution in [2.75, 3.05) is 0 Å². The van der Waals surface area contributed by atoms with E-state index in [9.17, 15) is 4.79 Å². The first-order valence-corrected chi connectivity index (χ1v) is 6.22. The summed E-state index contributed by atoms with van der Waals surface area (Å²) in [4.78, 5) is 11.8. The van der Waals surface area contributed by atoms with Crippen LogP contribution in [-0.4, -0.2) is 5.78 Å². The number of fused-ring (bicyclic) bond motifs is 1. The fourth-order valence-electron chi connectivity index (χ4n) is 2.30. The van der Waals surface area contributed by atoms with E-state index in [1.165, 1.54) is 0 Å². The van der Waals surface area contributed by atoms with E-state index in [2.05, 4.69) is 0 Å². The number of ether oxygens (including phenoxy) is 1. The van der Waals surface area contributed by atoms with Gasteiger partial charge < -0.3 is 4.74 Å². The van der Waals surface area contributed by atoms with Crippen molar-refractivity contribution in [2.24, 2.45) is 0 Å². The molecule has 18 heavy (non-hydrogen) atoms. The number of carbonyl (C=O) groups excluding carboxylic acids is 1. The van der Waals surface area contributed by atoms with Crippen LogP contribution in [0.5, 0.6) is 11.5 Å². The third-order valence-corrected chi connectivity index (χ3v) is 3.21. The maximum Gasteiger partial charge on any atom is 0.163 e. The number of para-hydroxylation sites is 1. The number of rotatable bonds is 2. The van der Waals surface area contributed by atoms with Gasteiger partial charge in [-0.05, 0) is 42.7 Å². The molecule has 0 aliphatic heterocycles. The summed E-state index contributed by atoms with van der Waals surface area (Å²) in [6.07, 6.45) is 2.61. The van der Waals surface area contributed by atoms with Crippen LogP contribution in [0.1, 0.15) is 28.8 Å². The first kappa shape index (κ1) is 11.0. The van der Waals surface area contributed by atoms with Gasteiger partial charge in [0.2, 0.25) is 0 Å². The molecule has 0 saturated heterocycles. The van der Waals surface area contributed by atoms with E-state index >= 15 is 0 Å². The van der Waals surface area contributed by atoms with Crippen LogP contribution >= 0.6 is 0 Å². The van der Waals surface area contributed by atoms with Crippen LogP contribution in [-0.2, 0) is 6.42 Å². The Bertz CT molecular complexity index is 573. The lowest BCUT2D eigenvalue weighted by Gasteiger charge is -2.15. The van der Waals surface area contributed by atoms with Crippen LogP contribution in [0.4, 0.5) is 0 Å². The zero-order chi connectivity index (χ0) is 12.4. The van der Waals surface area contributed by atoms with Gasteiger partial charge in [0, 0.05) is 12.0 Å². The van der Waals surface area contributed by atoms with E-state index < -0.39 is 0 Å². The smallest absolute Gasteiger partial charge is 0.163 e. The molecule has 0 saturated carbocycles. The van der Waals surface area contributed by atoms with E-state index in [4.69, 9.17) is 4.74 Å². The summed E-state index contributed by atoms with van der Waals surface area (Å²) in [6, 6.07) is 15.4. The third kappa shape index (κ3) is 2.14. The standard InChI is InChI=1S/C16H14O2/c17-16-8-4-5-12-9-10-14(11-15(12)16)18-13-6-2-1-3-7-13/h1-3,6-7,9-11H,4-5,8H2. The zero-order valence-electron chi connectivity index (χ0n) is 10.1. The van der Waals surface area contributed by atoms with Crippen molar-refractivity contribution in [1.29, 1.82) is 0 Å². The fraction of sp³-hybridized carbons (Fsp3) is 0.188. The van der Waals surface area contributed by atoms with Crippen molar-refractivity contribution in [1.82, 2.24) is 0 Å². The molecule has 2 nitrogen and oxygen atoms in total. The molecule has 2 heteroatoms. The van der Waals surface area contributed by atoms with Gasteiger partial charge in [0.15, 0.2) is 5.78 Å². The maximum absolute atomic E-state index is 11.8. The van der Waals surface area contributed by atoms with E-state index in [-0.39, 0.29) is 5.78 Å². The monoisotopic (exact) mass is 238 g/mol. The lowest BCUT2D eigenvalue weighted by atomic mass is 9.90.